The first-order valence-corrected chi connectivity index (χ1v) is 8.42. The highest BCUT2D eigenvalue weighted by atomic mass is 16.5. The Morgan fingerprint density at radius 1 is 0.952 bits per heavy atom. The molecule has 1 aliphatic carbocycles. The van der Waals surface area contributed by atoms with Crippen molar-refractivity contribution in [2.24, 2.45) is 5.92 Å². The molecule has 0 radical (unpaired) electrons. The van der Waals surface area contributed by atoms with Gasteiger partial charge in [-0.05, 0) is 37.8 Å². The van der Waals surface area contributed by atoms with Crippen LogP contribution in [0.5, 0.6) is 11.5 Å². The van der Waals surface area contributed by atoms with Gasteiger partial charge < -0.3 is 9.47 Å². The number of likely N-dealkylation sites (tertiary alicyclic amines) is 1. The Balaban J connectivity index is 1.77. The third-order valence-corrected chi connectivity index (χ3v) is 4.87. The number of para-hydroxylation sites is 2. The minimum Gasteiger partial charge on any atom is -0.493 e. The number of hydrogen-bond acceptors (Lipinski definition) is 3. The maximum atomic E-state index is 6.46. The number of nitrogens with zero attached hydrogens (tertiary/aromatic N) is 1. The lowest BCUT2D eigenvalue weighted by Gasteiger charge is -2.36. The molecule has 1 aliphatic heterocycles. The normalized spacial score (nSPS) is 22.1. The second-order valence-corrected chi connectivity index (χ2v) is 6.30. The van der Waals surface area contributed by atoms with Crippen LogP contribution in [-0.4, -0.2) is 31.3 Å². The van der Waals surface area contributed by atoms with Crippen molar-refractivity contribution < 1.29 is 9.47 Å². The van der Waals surface area contributed by atoms with Crippen molar-refractivity contribution in [3.63, 3.8) is 0 Å². The summed E-state index contributed by atoms with van der Waals surface area (Å²) >= 11 is 0. The first kappa shape index (κ1) is 14.7. The van der Waals surface area contributed by atoms with E-state index in [0.29, 0.717) is 5.92 Å². The van der Waals surface area contributed by atoms with E-state index in [-0.39, 0.29) is 6.23 Å². The molecule has 21 heavy (non-hydrogen) atoms. The monoisotopic (exact) mass is 289 g/mol. The number of methoxy groups -OCH3 is 1. The maximum absolute atomic E-state index is 6.46. The van der Waals surface area contributed by atoms with Gasteiger partial charge in [0.1, 0.15) is 0 Å². The Kier molecular flexibility index (Phi) is 5.02. The molecule has 1 unspecified atom stereocenters. The largest absolute Gasteiger partial charge is 0.493 e. The van der Waals surface area contributed by atoms with Crippen LogP contribution in [0.2, 0.25) is 0 Å². The molecular weight excluding hydrogens is 262 g/mol. The average Bonchev–Trinajstić information content (AvgIpc) is 3.08. The van der Waals surface area contributed by atoms with Gasteiger partial charge in [0.25, 0.3) is 0 Å². The van der Waals surface area contributed by atoms with Gasteiger partial charge in [0.05, 0.1) is 7.11 Å². The van der Waals surface area contributed by atoms with E-state index in [9.17, 15) is 0 Å². The summed E-state index contributed by atoms with van der Waals surface area (Å²) in [6.07, 6.45) is 9.53. The molecule has 1 aromatic carbocycles. The minimum absolute atomic E-state index is 0.226. The molecule has 0 aromatic heterocycles. The van der Waals surface area contributed by atoms with Crippen LogP contribution in [0.15, 0.2) is 24.3 Å². The first-order chi connectivity index (χ1) is 10.4. The standard InChI is InChI=1S/C18H27NO2/c1-20-16-11-5-6-12-17(16)21-18(19-13-7-8-14-19)15-9-3-2-4-10-15/h5-6,11-12,15,18H,2-4,7-10,13-14H2,1H3. The van der Waals surface area contributed by atoms with Gasteiger partial charge >= 0.3 is 0 Å². The zero-order valence-corrected chi connectivity index (χ0v) is 13.1. The Labute approximate surface area is 128 Å². The van der Waals surface area contributed by atoms with Crippen LogP contribution in [-0.2, 0) is 0 Å². The summed E-state index contributed by atoms with van der Waals surface area (Å²) in [5.41, 5.74) is 0. The summed E-state index contributed by atoms with van der Waals surface area (Å²) in [6.45, 7) is 2.35. The van der Waals surface area contributed by atoms with Crippen LogP contribution < -0.4 is 9.47 Å². The van der Waals surface area contributed by atoms with E-state index in [4.69, 9.17) is 9.47 Å². The highest BCUT2D eigenvalue weighted by Gasteiger charge is 2.32. The van der Waals surface area contributed by atoms with Crippen LogP contribution in [0.1, 0.15) is 44.9 Å². The molecular formula is C18H27NO2. The quantitative estimate of drug-likeness (QED) is 0.815. The molecule has 1 saturated heterocycles. The Morgan fingerprint density at radius 3 is 2.29 bits per heavy atom. The maximum Gasteiger partial charge on any atom is 0.163 e. The summed E-state index contributed by atoms with van der Waals surface area (Å²) in [4.78, 5) is 2.54. The predicted molar refractivity (Wildman–Crippen MR) is 84.8 cm³/mol. The lowest BCUT2D eigenvalue weighted by molar-refractivity contribution is -0.0190. The zero-order chi connectivity index (χ0) is 14.5. The molecule has 0 bridgehead atoms. The Bertz CT molecular complexity index is 437. The number of rotatable bonds is 5. The van der Waals surface area contributed by atoms with Crippen molar-refractivity contribution in [2.75, 3.05) is 20.2 Å². The van der Waals surface area contributed by atoms with Crippen molar-refractivity contribution in [3.05, 3.63) is 24.3 Å². The smallest absolute Gasteiger partial charge is 0.163 e. The summed E-state index contributed by atoms with van der Waals surface area (Å²) in [6, 6.07) is 8.04. The molecule has 3 heteroatoms. The van der Waals surface area contributed by atoms with Crippen LogP contribution >= 0.6 is 0 Å². The number of ether oxygens (including phenoxy) is 2. The number of benzene rings is 1. The fourth-order valence-corrected chi connectivity index (χ4v) is 3.73. The molecule has 0 amide bonds. The molecule has 1 heterocycles. The topological polar surface area (TPSA) is 21.7 Å². The van der Waals surface area contributed by atoms with E-state index in [2.05, 4.69) is 4.90 Å². The molecule has 1 saturated carbocycles. The lowest BCUT2D eigenvalue weighted by atomic mass is 9.87. The van der Waals surface area contributed by atoms with E-state index in [1.54, 1.807) is 7.11 Å². The Hall–Kier alpha value is -1.22. The SMILES string of the molecule is COc1ccccc1OC(C1CCCCC1)N1CCCC1. The summed E-state index contributed by atoms with van der Waals surface area (Å²) in [5.74, 6) is 2.40. The summed E-state index contributed by atoms with van der Waals surface area (Å²) in [5, 5.41) is 0. The zero-order valence-electron chi connectivity index (χ0n) is 13.1. The van der Waals surface area contributed by atoms with Gasteiger partial charge in [-0.1, -0.05) is 31.4 Å². The van der Waals surface area contributed by atoms with Crippen LogP contribution in [0.25, 0.3) is 0 Å². The van der Waals surface area contributed by atoms with Gasteiger partial charge in [-0.25, -0.2) is 0 Å². The van der Waals surface area contributed by atoms with Gasteiger partial charge in [-0.15, -0.1) is 0 Å². The van der Waals surface area contributed by atoms with Gasteiger partial charge in [0, 0.05) is 19.0 Å². The predicted octanol–water partition coefficient (Wildman–Crippen LogP) is 4.08. The summed E-state index contributed by atoms with van der Waals surface area (Å²) < 4.78 is 11.9. The van der Waals surface area contributed by atoms with Gasteiger partial charge in [-0.2, -0.15) is 0 Å². The van der Waals surface area contributed by atoms with Crippen molar-refractivity contribution in [2.45, 2.75) is 51.2 Å². The highest BCUT2D eigenvalue weighted by Crippen LogP contribution is 2.35. The average molecular weight is 289 g/mol. The highest BCUT2D eigenvalue weighted by molar-refractivity contribution is 5.39. The van der Waals surface area contributed by atoms with E-state index >= 15 is 0 Å². The van der Waals surface area contributed by atoms with Crippen molar-refractivity contribution in [1.29, 1.82) is 0 Å². The van der Waals surface area contributed by atoms with Crippen LogP contribution in [0.4, 0.5) is 0 Å². The van der Waals surface area contributed by atoms with E-state index in [0.717, 1.165) is 11.5 Å². The molecule has 0 N–H and O–H groups in total. The molecule has 3 nitrogen and oxygen atoms in total. The van der Waals surface area contributed by atoms with Crippen molar-refractivity contribution in [1.82, 2.24) is 4.90 Å². The molecule has 116 valence electrons. The molecule has 2 fully saturated rings. The van der Waals surface area contributed by atoms with Crippen LogP contribution in [0, 0.1) is 5.92 Å². The van der Waals surface area contributed by atoms with Crippen molar-refractivity contribution >= 4 is 0 Å². The molecule has 3 rings (SSSR count). The fraction of sp³-hybridized carbons (Fsp3) is 0.667. The molecule has 0 spiro atoms. The first-order valence-electron chi connectivity index (χ1n) is 8.42. The second-order valence-electron chi connectivity index (χ2n) is 6.30. The molecule has 1 aromatic rings. The number of hydrogen-bond donors (Lipinski definition) is 0. The lowest BCUT2D eigenvalue weighted by Crippen LogP contribution is -2.44. The van der Waals surface area contributed by atoms with Crippen molar-refractivity contribution in [3.8, 4) is 11.5 Å². The third kappa shape index (κ3) is 3.52. The van der Waals surface area contributed by atoms with E-state index in [1.165, 1.54) is 58.0 Å². The molecule has 1 atom stereocenters. The second kappa shape index (κ2) is 7.17. The van der Waals surface area contributed by atoms with E-state index < -0.39 is 0 Å². The Morgan fingerprint density at radius 2 is 1.62 bits per heavy atom. The van der Waals surface area contributed by atoms with Gasteiger partial charge in [0.15, 0.2) is 17.7 Å². The van der Waals surface area contributed by atoms with E-state index in [1.807, 2.05) is 24.3 Å². The minimum atomic E-state index is 0.226. The molecule has 2 aliphatic rings. The summed E-state index contributed by atoms with van der Waals surface area (Å²) in [7, 11) is 1.72. The van der Waals surface area contributed by atoms with Crippen LogP contribution in [0.3, 0.4) is 0 Å². The van der Waals surface area contributed by atoms with Gasteiger partial charge in [-0.3, -0.25) is 4.90 Å². The third-order valence-electron chi connectivity index (χ3n) is 4.87. The van der Waals surface area contributed by atoms with Gasteiger partial charge in [0.2, 0.25) is 0 Å². The fourth-order valence-electron chi connectivity index (χ4n) is 3.73.